The second-order valence-corrected chi connectivity index (χ2v) is 6.25. The van der Waals surface area contributed by atoms with Gasteiger partial charge < -0.3 is 10.3 Å². The highest BCUT2D eigenvalue weighted by Crippen LogP contribution is 2.28. The van der Waals surface area contributed by atoms with Crippen molar-refractivity contribution in [2.24, 2.45) is 5.73 Å². The van der Waals surface area contributed by atoms with E-state index < -0.39 is 5.91 Å². The summed E-state index contributed by atoms with van der Waals surface area (Å²) in [6.07, 6.45) is 3.45. The minimum Gasteiger partial charge on any atom is -0.365 e. The monoisotopic (exact) mass is 361 g/mol. The number of aryl methyl sites for hydroxylation is 2. The number of halogens is 1. The molecule has 27 heavy (non-hydrogen) atoms. The summed E-state index contributed by atoms with van der Waals surface area (Å²) in [7, 11) is 0. The second-order valence-electron chi connectivity index (χ2n) is 6.25. The molecule has 2 N–H and O–H groups in total. The molecule has 0 unspecified atom stereocenters. The molecule has 0 aliphatic rings. The zero-order valence-corrected chi connectivity index (χ0v) is 14.8. The van der Waals surface area contributed by atoms with Crippen LogP contribution in [-0.4, -0.2) is 25.4 Å². The van der Waals surface area contributed by atoms with Crippen molar-refractivity contribution in [3.63, 3.8) is 0 Å². The zero-order valence-electron chi connectivity index (χ0n) is 14.8. The number of benzene rings is 1. The van der Waals surface area contributed by atoms with Crippen molar-refractivity contribution in [3.8, 4) is 17.3 Å². The lowest BCUT2D eigenvalue weighted by Crippen LogP contribution is -2.19. The Kier molecular flexibility index (Phi) is 3.92. The molecular weight excluding hydrogens is 345 g/mol. The molecule has 0 saturated heterocycles. The van der Waals surface area contributed by atoms with Gasteiger partial charge in [0.05, 0.1) is 11.2 Å². The van der Waals surface area contributed by atoms with Gasteiger partial charge in [0, 0.05) is 17.8 Å². The number of nitrogens with two attached hydrogens (primary N) is 1. The molecule has 1 aromatic carbocycles. The second kappa shape index (κ2) is 6.28. The van der Waals surface area contributed by atoms with Crippen LogP contribution in [0.25, 0.3) is 28.2 Å². The summed E-state index contributed by atoms with van der Waals surface area (Å²) in [6.45, 7) is 3.58. The number of carbonyl (C=O) groups excluding carboxylic acids is 1. The van der Waals surface area contributed by atoms with Gasteiger partial charge in [-0.15, -0.1) is 0 Å². The van der Waals surface area contributed by atoms with E-state index in [4.69, 9.17) is 5.73 Å². The van der Waals surface area contributed by atoms with Crippen molar-refractivity contribution >= 4 is 16.8 Å². The minimum atomic E-state index is -0.628. The third-order valence-corrected chi connectivity index (χ3v) is 4.41. The van der Waals surface area contributed by atoms with Gasteiger partial charge in [-0.05, 0) is 49.7 Å². The predicted octanol–water partition coefficient (Wildman–Crippen LogP) is 3.34. The maximum absolute atomic E-state index is 13.7. The van der Waals surface area contributed by atoms with Crippen LogP contribution < -0.4 is 5.73 Å². The summed E-state index contributed by atoms with van der Waals surface area (Å²) < 4.78 is 15.4. The fourth-order valence-corrected chi connectivity index (χ4v) is 3.17. The maximum atomic E-state index is 13.7. The number of pyridine rings is 1. The first-order valence-corrected chi connectivity index (χ1v) is 8.33. The highest BCUT2D eigenvalue weighted by molar-refractivity contribution is 5.98. The predicted molar refractivity (Wildman–Crippen MR) is 100 cm³/mol. The summed E-state index contributed by atoms with van der Waals surface area (Å²) in [6, 6.07) is 9.90. The van der Waals surface area contributed by atoms with E-state index in [2.05, 4.69) is 15.0 Å². The molecule has 3 heterocycles. The highest BCUT2D eigenvalue weighted by Gasteiger charge is 2.21. The van der Waals surface area contributed by atoms with Crippen molar-refractivity contribution in [3.05, 3.63) is 71.4 Å². The molecule has 1 amide bonds. The fourth-order valence-electron chi connectivity index (χ4n) is 3.17. The van der Waals surface area contributed by atoms with Crippen LogP contribution in [0.1, 0.15) is 21.6 Å². The van der Waals surface area contributed by atoms with Crippen molar-refractivity contribution < 1.29 is 9.18 Å². The minimum absolute atomic E-state index is 0.218. The van der Waals surface area contributed by atoms with Crippen molar-refractivity contribution in [2.45, 2.75) is 13.8 Å². The summed E-state index contributed by atoms with van der Waals surface area (Å²) in [5, 5.41) is 0.737. The molecule has 0 saturated carbocycles. The Morgan fingerprint density at radius 2 is 1.96 bits per heavy atom. The van der Waals surface area contributed by atoms with Gasteiger partial charge in [-0.25, -0.2) is 14.4 Å². The number of fused-ring (bicyclic) bond motifs is 1. The number of aromatic nitrogens is 4. The lowest BCUT2D eigenvalue weighted by atomic mass is 10.2. The van der Waals surface area contributed by atoms with Gasteiger partial charge in [-0.3, -0.25) is 9.78 Å². The Hall–Kier alpha value is -3.61. The molecule has 4 rings (SSSR count). The largest absolute Gasteiger partial charge is 0.365 e. The number of rotatable bonds is 3. The molecular formula is C20H16FN5O. The Morgan fingerprint density at radius 3 is 2.67 bits per heavy atom. The first-order chi connectivity index (χ1) is 13.0. The fraction of sp³-hybridized carbons (Fsp3) is 0.100. The number of primary amides is 1. The van der Waals surface area contributed by atoms with E-state index in [-0.39, 0.29) is 11.4 Å². The third kappa shape index (κ3) is 2.83. The molecule has 0 radical (unpaired) electrons. The third-order valence-electron chi connectivity index (χ3n) is 4.41. The Balaban J connectivity index is 2.05. The number of nitrogens with zero attached hydrogens (tertiary/aromatic N) is 4. The van der Waals surface area contributed by atoms with Crippen LogP contribution in [0.2, 0.25) is 0 Å². The Morgan fingerprint density at radius 1 is 1.15 bits per heavy atom. The van der Waals surface area contributed by atoms with Gasteiger partial charge in [0.15, 0.2) is 11.6 Å². The topological polar surface area (TPSA) is 86.7 Å². The summed E-state index contributed by atoms with van der Waals surface area (Å²) in [5.41, 5.74) is 8.44. The van der Waals surface area contributed by atoms with E-state index in [1.54, 1.807) is 42.1 Å². The molecule has 0 aliphatic heterocycles. The quantitative estimate of drug-likeness (QED) is 0.606. The van der Waals surface area contributed by atoms with Gasteiger partial charge in [-0.2, -0.15) is 0 Å². The Labute approximate surface area is 154 Å². The first kappa shape index (κ1) is 16.8. The van der Waals surface area contributed by atoms with Crippen LogP contribution in [0.3, 0.4) is 0 Å². The van der Waals surface area contributed by atoms with Gasteiger partial charge in [0.2, 0.25) is 0 Å². The molecule has 6 nitrogen and oxygen atoms in total. The molecule has 134 valence electrons. The molecule has 3 aromatic heterocycles. The summed E-state index contributed by atoms with van der Waals surface area (Å²) in [5.74, 6) is -0.224. The van der Waals surface area contributed by atoms with E-state index in [1.165, 1.54) is 12.1 Å². The van der Waals surface area contributed by atoms with E-state index in [1.807, 2.05) is 13.0 Å². The van der Waals surface area contributed by atoms with Gasteiger partial charge in [-0.1, -0.05) is 6.07 Å². The van der Waals surface area contributed by atoms with Crippen molar-refractivity contribution in [1.82, 2.24) is 19.5 Å². The first-order valence-electron chi connectivity index (χ1n) is 8.33. The van der Waals surface area contributed by atoms with Gasteiger partial charge >= 0.3 is 0 Å². The summed E-state index contributed by atoms with van der Waals surface area (Å²) in [4.78, 5) is 25.4. The average Bonchev–Trinajstić information content (AvgIpc) is 2.97. The molecule has 0 atom stereocenters. The van der Waals surface area contributed by atoms with Gasteiger partial charge in [0.25, 0.3) is 5.91 Å². The summed E-state index contributed by atoms with van der Waals surface area (Å²) >= 11 is 0. The Bertz CT molecular complexity index is 1180. The van der Waals surface area contributed by atoms with Crippen LogP contribution in [0.5, 0.6) is 0 Å². The SMILES string of the molecule is Cc1nc(-c2ccccn2)nc(-n2cc(C)c3cc(F)ccc32)c1C(N)=O. The van der Waals surface area contributed by atoms with E-state index >= 15 is 0 Å². The molecule has 0 bridgehead atoms. The lowest BCUT2D eigenvalue weighted by molar-refractivity contribution is 0.0999. The van der Waals surface area contributed by atoms with Crippen LogP contribution in [-0.2, 0) is 0 Å². The normalized spacial score (nSPS) is 11.1. The molecule has 4 aromatic rings. The van der Waals surface area contributed by atoms with Crippen molar-refractivity contribution in [2.75, 3.05) is 0 Å². The van der Waals surface area contributed by atoms with E-state index in [0.717, 1.165) is 16.5 Å². The molecule has 0 fully saturated rings. The standard InChI is InChI=1S/C20H16FN5O/c1-11-10-26(16-7-6-13(21)9-14(11)16)20-17(18(22)27)12(2)24-19(25-20)15-5-3-4-8-23-15/h3-10H,1-2H3,(H2,22,27). The maximum Gasteiger partial charge on any atom is 0.254 e. The van der Waals surface area contributed by atoms with Crippen LogP contribution in [0.15, 0.2) is 48.8 Å². The molecule has 7 heteroatoms. The van der Waals surface area contributed by atoms with Crippen LogP contribution >= 0.6 is 0 Å². The number of amides is 1. The average molecular weight is 361 g/mol. The molecule has 0 aliphatic carbocycles. The van der Waals surface area contributed by atoms with E-state index in [0.29, 0.717) is 23.0 Å². The molecule has 0 spiro atoms. The zero-order chi connectivity index (χ0) is 19.1. The number of hydrogen-bond donors (Lipinski definition) is 1. The van der Waals surface area contributed by atoms with Crippen LogP contribution in [0.4, 0.5) is 4.39 Å². The van der Waals surface area contributed by atoms with Gasteiger partial charge in [0.1, 0.15) is 17.1 Å². The number of carbonyl (C=O) groups is 1. The smallest absolute Gasteiger partial charge is 0.254 e. The van der Waals surface area contributed by atoms with E-state index in [9.17, 15) is 9.18 Å². The van der Waals surface area contributed by atoms with Crippen molar-refractivity contribution in [1.29, 1.82) is 0 Å². The number of hydrogen-bond acceptors (Lipinski definition) is 4. The lowest BCUT2D eigenvalue weighted by Gasteiger charge is -2.13. The highest BCUT2D eigenvalue weighted by atomic mass is 19.1. The van der Waals surface area contributed by atoms with Crippen LogP contribution in [0, 0.1) is 19.7 Å².